The Balaban J connectivity index is 1.31. The summed E-state index contributed by atoms with van der Waals surface area (Å²) in [4.78, 5) is 49.9. The first-order chi connectivity index (χ1) is 23.0. The molecule has 0 aliphatic carbocycles. The molecule has 0 fully saturated rings. The van der Waals surface area contributed by atoms with E-state index in [0.29, 0.717) is 60.0 Å². The summed E-state index contributed by atoms with van der Waals surface area (Å²) in [7, 11) is 0. The molecule has 0 bridgehead atoms. The molecule has 2 aromatic carbocycles. The van der Waals surface area contributed by atoms with Crippen LogP contribution in [0.15, 0.2) is 70.7 Å². The summed E-state index contributed by atoms with van der Waals surface area (Å²) < 4.78 is 16.6. The fourth-order valence-corrected chi connectivity index (χ4v) is 5.88. The van der Waals surface area contributed by atoms with Crippen molar-refractivity contribution < 1.29 is 14.0 Å². The van der Waals surface area contributed by atoms with Gasteiger partial charge in [-0.3, -0.25) is 19.1 Å². The summed E-state index contributed by atoms with van der Waals surface area (Å²) in [6.07, 6.45) is 7.81. The summed E-state index contributed by atoms with van der Waals surface area (Å²) in [5.74, 6) is -0.436. The van der Waals surface area contributed by atoms with E-state index in [2.05, 4.69) is 34.1 Å². The highest BCUT2D eigenvalue weighted by atomic mass is 35.5. The van der Waals surface area contributed by atoms with Crippen LogP contribution in [0.3, 0.4) is 0 Å². The summed E-state index contributed by atoms with van der Waals surface area (Å²) in [6, 6.07) is 12.5. The first-order valence-corrected chi connectivity index (χ1v) is 16.3. The zero-order valence-electron chi connectivity index (χ0n) is 27.0. The van der Waals surface area contributed by atoms with Gasteiger partial charge in [-0.05, 0) is 72.7 Å². The van der Waals surface area contributed by atoms with Gasteiger partial charge in [-0.15, -0.1) is 0 Å². The minimum Gasteiger partial charge on any atom is -0.370 e. The summed E-state index contributed by atoms with van der Waals surface area (Å²) in [5, 5.41) is 4.14. The highest BCUT2D eigenvalue weighted by molar-refractivity contribution is 6.31. The molecule has 3 heterocycles. The lowest BCUT2D eigenvalue weighted by Gasteiger charge is -2.27. The van der Waals surface area contributed by atoms with Gasteiger partial charge in [-0.25, -0.2) is 9.18 Å². The SMILES string of the molecule is CC(C)CCCc1cc(Cl)c(F)c(-c2cc3cn(-c4ccc(CN[C@H](CCN=C(N)N)CN5C=CC(=O)CC5=O)cc4)c(=O)nc3[nH]2)c1. The Morgan fingerprint density at radius 1 is 1.10 bits per heavy atom. The van der Waals surface area contributed by atoms with Crippen molar-refractivity contribution in [3.8, 4) is 16.9 Å². The molecule has 252 valence electrons. The van der Waals surface area contributed by atoms with E-state index < -0.39 is 11.5 Å². The third-order valence-electron chi connectivity index (χ3n) is 8.22. The fourth-order valence-electron chi connectivity index (χ4n) is 5.63. The average Bonchev–Trinajstić information content (AvgIpc) is 3.44. The van der Waals surface area contributed by atoms with Crippen LogP contribution in [0.25, 0.3) is 28.0 Å². The zero-order valence-corrected chi connectivity index (χ0v) is 27.8. The number of aryl methyl sites for hydroxylation is 1. The van der Waals surface area contributed by atoms with Gasteiger partial charge in [0, 0.05) is 49.0 Å². The molecule has 6 N–H and O–H groups in total. The fraction of sp³-hybridized carbons (Fsp3) is 0.343. The first-order valence-electron chi connectivity index (χ1n) is 16.0. The molecule has 1 amide bonds. The summed E-state index contributed by atoms with van der Waals surface area (Å²) in [5.41, 5.74) is 14.1. The average molecular weight is 675 g/mol. The van der Waals surface area contributed by atoms with E-state index in [-0.39, 0.29) is 35.1 Å². The quantitative estimate of drug-likeness (QED) is 0.0863. The van der Waals surface area contributed by atoms with E-state index >= 15 is 4.39 Å². The third-order valence-corrected chi connectivity index (χ3v) is 8.49. The van der Waals surface area contributed by atoms with Crippen molar-refractivity contribution in [3.63, 3.8) is 0 Å². The molecule has 1 aliphatic heterocycles. The van der Waals surface area contributed by atoms with Crippen molar-refractivity contribution in [2.24, 2.45) is 22.4 Å². The number of aliphatic imine (C=N–C) groups is 1. The van der Waals surface area contributed by atoms with Crippen LogP contribution >= 0.6 is 11.6 Å². The standard InChI is InChI=1S/C35H40ClFN8O3/c1-21(2)4-3-5-23-14-28(32(37)29(36)15-23)30-16-24-19-45(35(48)43-33(24)42-30)26-8-6-22(7-9-26)18-41-25(10-12-40-34(38)39)20-44-13-11-27(46)17-31(44)47/h6-9,11,13-16,19,21,25,41H,3-5,10,12,17-18,20H2,1-2H3,(H4,38,39,40)(H,42,43,48)/t25-/m1/s1. The zero-order chi connectivity index (χ0) is 34.4. The Labute approximate surface area is 282 Å². The van der Waals surface area contributed by atoms with Crippen molar-refractivity contribution in [1.29, 1.82) is 0 Å². The molecule has 5 rings (SSSR count). The molecular formula is C35H40ClFN8O3. The van der Waals surface area contributed by atoms with E-state index in [1.165, 1.54) is 21.7 Å². The maximum Gasteiger partial charge on any atom is 0.354 e. The van der Waals surface area contributed by atoms with E-state index in [1.807, 2.05) is 24.3 Å². The molecule has 1 aliphatic rings. The maximum atomic E-state index is 15.2. The highest BCUT2D eigenvalue weighted by Gasteiger charge is 2.22. The smallest absolute Gasteiger partial charge is 0.354 e. The third kappa shape index (κ3) is 8.75. The second-order valence-corrected chi connectivity index (χ2v) is 12.9. The van der Waals surface area contributed by atoms with Gasteiger partial charge in [-0.1, -0.05) is 44.0 Å². The number of aromatic amines is 1. The second kappa shape index (κ2) is 15.4. The number of allylic oxidation sites excluding steroid dienone is 1. The number of ketones is 1. The molecule has 0 saturated carbocycles. The molecule has 13 heteroatoms. The molecule has 0 saturated heterocycles. The molecular weight excluding hydrogens is 635 g/mol. The Hall–Kier alpha value is -4.81. The van der Waals surface area contributed by atoms with Crippen molar-refractivity contribution in [2.75, 3.05) is 13.1 Å². The predicted molar refractivity (Wildman–Crippen MR) is 186 cm³/mol. The molecule has 4 aromatic rings. The number of amides is 1. The van der Waals surface area contributed by atoms with Crippen LogP contribution in [0.5, 0.6) is 0 Å². The number of nitrogens with one attached hydrogen (secondary N) is 2. The number of nitrogens with zero attached hydrogens (tertiary/aromatic N) is 4. The van der Waals surface area contributed by atoms with Crippen molar-refractivity contribution in [2.45, 2.75) is 58.5 Å². The number of halogens is 2. The number of hydrogen-bond acceptors (Lipinski definition) is 6. The monoisotopic (exact) mass is 674 g/mol. The van der Waals surface area contributed by atoms with Crippen molar-refractivity contribution >= 4 is 40.3 Å². The summed E-state index contributed by atoms with van der Waals surface area (Å²) in [6.45, 7) is 5.52. The maximum absolute atomic E-state index is 15.2. The number of benzene rings is 2. The van der Waals surface area contributed by atoms with Crippen LogP contribution in [0.4, 0.5) is 4.39 Å². The molecule has 2 aromatic heterocycles. The number of hydrogen-bond donors (Lipinski definition) is 4. The number of rotatable bonds is 14. The van der Waals surface area contributed by atoms with Crippen molar-refractivity contribution in [3.05, 3.63) is 93.4 Å². The molecule has 1 atom stereocenters. The lowest BCUT2D eigenvalue weighted by Crippen LogP contribution is -2.43. The van der Waals surface area contributed by atoms with Gasteiger partial charge in [0.25, 0.3) is 0 Å². The number of guanidine groups is 1. The Bertz CT molecular complexity index is 1910. The lowest BCUT2D eigenvalue weighted by atomic mass is 10.00. The van der Waals surface area contributed by atoms with E-state index in [4.69, 9.17) is 23.1 Å². The van der Waals surface area contributed by atoms with E-state index in [1.54, 1.807) is 24.4 Å². The van der Waals surface area contributed by atoms with Crippen LogP contribution < -0.4 is 22.5 Å². The minimum absolute atomic E-state index is 0.0130. The highest BCUT2D eigenvalue weighted by Crippen LogP contribution is 2.31. The topological polar surface area (TPSA) is 164 Å². The van der Waals surface area contributed by atoms with Crippen LogP contribution in [0, 0.1) is 11.7 Å². The van der Waals surface area contributed by atoms with Gasteiger partial charge in [0.05, 0.1) is 22.8 Å². The molecule has 0 radical (unpaired) electrons. The van der Waals surface area contributed by atoms with Crippen LogP contribution in [0.1, 0.15) is 50.7 Å². The minimum atomic E-state index is -0.525. The lowest BCUT2D eigenvalue weighted by molar-refractivity contribution is -0.133. The van der Waals surface area contributed by atoms with E-state index in [0.717, 1.165) is 30.4 Å². The van der Waals surface area contributed by atoms with Gasteiger partial charge in [0.15, 0.2) is 17.6 Å². The number of fused-ring (bicyclic) bond motifs is 1. The predicted octanol–water partition coefficient (Wildman–Crippen LogP) is 4.59. The van der Waals surface area contributed by atoms with Gasteiger partial charge < -0.3 is 26.7 Å². The molecule has 0 spiro atoms. The van der Waals surface area contributed by atoms with Gasteiger partial charge in [0.2, 0.25) is 5.91 Å². The Kier molecular flexibility index (Phi) is 11.1. The molecule has 11 nitrogen and oxygen atoms in total. The normalized spacial score (nSPS) is 13.9. The van der Waals surface area contributed by atoms with Crippen molar-refractivity contribution in [1.82, 2.24) is 24.8 Å². The van der Waals surface area contributed by atoms with Gasteiger partial charge >= 0.3 is 5.69 Å². The number of H-pyrrole nitrogens is 1. The van der Waals surface area contributed by atoms with Crippen LogP contribution in [0.2, 0.25) is 5.02 Å². The molecule has 0 unspecified atom stereocenters. The number of carbonyl (C=O) groups excluding carboxylic acids is 2. The number of aromatic nitrogens is 3. The molecule has 48 heavy (non-hydrogen) atoms. The van der Waals surface area contributed by atoms with Gasteiger partial charge in [0.1, 0.15) is 5.65 Å². The first kappa shape index (κ1) is 34.5. The summed E-state index contributed by atoms with van der Waals surface area (Å²) >= 11 is 6.27. The van der Waals surface area contributed by atoms with Crippen LogP contribution in [-0.2, 0) is 22.6 Å². The Morgan fingerprint density at radius 2 is 1.88 bits per heavy atom. The largest absolute Gasteiger partial charge is 0.370 e. The second-order valence-electron chi connectivity index (χ2n) is 12.5. The van der Waals surface area contributed by atoms with Gasteiger partial charge in [-0.2, -0.15) is 4.98 Å². The van der Waals surface area contributed by atoms with E-state index in [9.17, 15) is 14.4 Å². The number of nitrogens with two attached hydrogens (primary N) is 2. The number of carbonyl (C=O) groups is 2. The van der Waals surface area contributed by atoms with Crippen LogP contribution in [-0.4, -0.2) is 56.2 Å². The Morgan fingerprint density at radius 3 is 2.58 bits per heavy atom.